The lowest BCUT2D eigenvalue weighted by atomic mass is 9.86. The van der Waals surface area contributed by atoms with Crippen molar-refractivity contribution < 1.29 is 19.5 Å². The molecule has 28 heavy (non-hydrogen) atoms. The molecule has 1 spiro atoms. The van der Waals surface area contributed by atoms with Crippen LogP contribution in [-0.2, 0) is 9.53 Å². The Balaban J connectivity index is 1.69. The summed E-state index contributed by atoms with van der Waals surface area (Å²) in [5.41, 5.74) is 3.18. The van der Waals surface area contributed by atoms with E-state index in [0.29, 0.717) is 6.54 Å². The molecule has 2 saturated heterocycles. The van der Waals surface area contributed by atoms with Gasteiger partial charge in [0, 0.05) is 43.4 Å². The van der Waals surface area contributed by atoms with Crippen molar-refractivity contribution in [2.75, 3.05) is 31.1 Å². The third-order valence-corrected chi connectivity index (χ3v) is 5.33. The zero-order valence-electron chi connectivity index (χ0n) is 16.8. The van der Waals surface area contributed by atoms with Crippen LogP contribution in [0.1, 0.15) is 39.2 Å². The fraction of sp³-hybridized carbons (Fsp3) is 0.524. The van der Waals surface area contributed by atoms with E-state index in [-0.39, 0.29) is 11.5 Å². The van der Waals surface area contributed by atoms with Crippen LogP contribution in [-0.4, -0.2) is 53.9 Å². The topological polar surface area (TPSA) is 82.1 Å². The highest BCUT2D eigenvalue weighted by Gasteiger charge is 2.45. The first-order chi connectivity index (χ1) is 13.2. The number of nitrogens with one attached hydrogen (secondary N) is 1. The molecule has 2 aliphatic heterocycles. The minimum Gasteiger partial charge on any atom is -0.444 e. The Morgan fingerprint density at radius 1 is 1.18 bits per heavy atom. The normalized spacial score (nSPS) is 22.3. The number of carbonyl (C=O) groups is 2. The van der Waals surface area contributed by atoms with Crippen molar-refractivity contribution >= 4 is 23.8 Å². The van der Waals surface area contributed by atoms with Gasteiger partial charge < -0.3 is 14.5 Å². The van der Waals surface area contributed by atoms with Gasteiger partial charge in [-0.1, -0.05) is 18.2 Å². The Morgan fingerprint density at radius 2 is 1.89 bits per heavy atom. The monoisotopic (exact) mass is 387 g/mol. The summed E-state index contributed by atoms with van der Waals surface area (Å²) < 4.78 is 5.53. The van der Waals surface area contributed by atoms with Gasteiger partial charge in [-0.2, -0.15) is 0 Å². The second kappa shape index (κ2) is 7.83. The Labute approximate surface area is 165 Å². The molecule has 2 fully saturated rings. The number of likely N-dealkylation sites (tertiary alicyclic amines) is 1. The molecule has 0 aliphatic carbocycles. The minimum absolute atomic E-state index is 0.0796. The van der Waals surface area contributed by atoms with E-state index in [1.54, 1.807) is 11.6 Å². The van der Waals surface area contributed by atoms with Gasteiger partial charge in [-0.25, -0.2) is 10.3 Å². The highest BCUT2D eigenvalue weighted by atomic mass is 16.6. The van der Waals surface area contributed by atoms with Crippen molar-refractivity contribution in [1.82, 2.24) is 10.4 Å². The van der Waals surface area contributed by atoms with Crippen LogP contribution < -0.4 is 10.4 Å². The summed E-state index contributed by atoms with van der Waals surface area (Å²) in [5.74, 6) is -0.559. The van der Waals surface area contributed by atoms with Crippen LogP contribution in [0.25, 0.3) is 6.08 Å². The Kier molecular flexibility index (Phi) is 5.65. The van der Waals surface area contributed by atoms with E-state index >= 15 is 0 Å². The van der Waals surface area contributed by atoms with E-state index in [2.05, 4.69) is 4.90 Å². The zero-order valence-corrected chi connectivity index (χ0v) is 16.8. The maximum absolute atomic E-state index is 12.4. The van der Waals surface area contributed by atoms with Crippen molar-refractivity contribution in [2.45, 2.75) is 39.2 Å². The summed E-state index contributed by atoms with van der Waals surface area (Å²) in [6.45, 7) is 8.85. The van der Waals surface area contributed by atoms with Gasteiger partial charge in [-0.05, 0) is 51.3 Å². The zero-order chi connectivity index (χ0) is 20.4. The molecule has 7 nitrogen and oxygen atoms in total. The SMILES string of the molecule is CC(C)(C)OC(=O)N1CCC2(CCN(c3ccccc3/C=C/C(=O)NO)C2)C1. The number of carbonyl (C=O) groups excluding carboxylic acids is 2. The summed E-state index contributed by atoms with van der Waals surface area (Å²) in [5, 5.41) is 8.67. The molecule has 1 aromatic carbocycles. The summed E-state index contributed by atoms with van der Waals surface area (Å²) in [4.78, 5) is 27.9. The van der Waals surface area contributed by atoms with Gasteiger partial charge >= 0.3 is 6.09 Å². The predicted molar refractivity (Wildman–Crippen MR) is 107 cm³/mol. The average Bonchev–Trinajstić information content (AvgIpc) is 3.26. The maximum atomic E-state index is 12.4. The molecule has 2 heterocycles. The third-order valence-electron chi connectivity index (χ3n) is 5.33. The van der Waals surface area contributed by atoms with E-state index in [1.807, 2.05) is 49.9 Å². The summed E-state index contributed by atoms with van der Waals surface area (Å²) in [6, 6.07) is 7.89. The van der Waals surface area contributed by atoms with Crippen LogP contribution in [0, 0.1) is 5.41 Å². The molecule has 7 heteroatoms. The molecule has 0 aromatic heterocycles. The van der Waals surface area contributed by atoms with Crippen LogP contribution in [0.4, 0.5) is 10.5 Å². The third kappa shape index (κ3) is 4.65. The fourth-order valence-electron chi connectivity index (χ4n) is 4.01. The molecule has 0 bridgehead atoms. The van der Waals surface area contributed by atoms with Crippen molar-refractivity contribution in [3.05, 3.63) is 35.9 Å². The molecule has 1 atom stereocenters. The van der Waals surface area contributed by atoms with E-state index in [1.165, 1.54) is 6.08 Å². The van der Waals surface area contributed by atoms with Gasteiger partial charge in [0.05, 0.1) is 0 Å². The smallest absolute Gasteiger partial charge is 0.410 e. The van der Waals surface area contributed by atoms with Crippen LogP contribution in [0.2, 0.25) is 0 Å². The van der Waals surface area contributed by atoms with Gasteiger partial charge in [0.2, 0.25) is 0 Å². The number of hydroxylamine groups is 1. The standard InChI is InChI=1S/C21H29N3O4/c1-20(2,3)28-19(26)24-13-11-21(15-24)10-12-23(14-21)17-7-5-4-6-16(17)8-9-18(25)22-27/h4-9,27H,10-15H2,1-3H3,(H,22,25)/b9-8+. The molecule has 2 N–H and O–H groups in total. The Morgan fingerprint density at radius 3 is 2.61 bits per heavy atom. The number of anilines is 1. The number of benzene rings is 1. The number of para-hydroxylation sites is 1. The molecule has 0 saturated carbocycles. The number of hydrogen-bond donors (Lipinski definition) is 2. The lowest BCUT2D eigenvalue weighted by Gasteiger charge is -2.28. The number of hydrogen-bond acceptors (Lipinski definition) is 5. The van der Waals surface area contributed by atoms with Crippen LogP contribution in [0.3, 0.4) is 0 Å². The molecule has 2 aliphatic rings. The first-order valence-electron chi connectivity index (χ1n) is 9.65. The van der Waals surface area contributed by atoms with E-state index in [9.17, 15) is 9.59 Å². The van der Waals surface area contributed by atoms with Crippen molar-refractivity contribution in [2.24, 2.45) is 5.41 Å². The van der Waals surface area contributed by atoms with Gasteiger partial charge in [-0.15, -0.1) is 0 Å². The molecule has 1 unspecified atom stereocenters. The largest absolute Gasteiger partial charge is 0.444 e. The van der Waals surface area contributed by atoms with Crippen molar-refractivity contribution in [1.29, 1.82) is 0 Å². The van der Waals surface area contributed by atoms with Crippen LogP contribution >= 0.6 is 0 Å². The minimum atomic E-state index is -0.559. The second-order valence-electron chi connectivity index (χ2n) is 8.69. The van der Waals surface area contributed by atoms with Crippen LogP contribution in [0.15, 0.2) is 30.3 Å². The highest BCUT2D eigenvalue weighted by Crippen LogP contribution is 2.42. The van der Waals surface area contributed by atoms with E-state index in [4.69, 9.17) is 9.94 Å². The number of ether oxygens (including phenoxy) is 1. The predicted octanol–water partition coefficient (Wildman–Crippen LogP) is 3.04. The average molecular weight is 387 g/mol. The first kappa shape index (κ1) is 20.2. The number of nitrogens with zero attached hydrogens (tertiary/aromatic N) is 2. The molecule has 3 rings (SSSR count). The van der Waals surface area contributed by atoms with Crippen LogP contribution in [0.5, 0.6) is 0 Å². The highest BCUT2D eigenvalue weighted by molar-refractivity contribution is 5.91. The first-order valence-corrected chi connectivity index (χ1v) is 9.65. The lowest BCUT2D eigenvalue weighted by Crippen LogP contribution is -2.37. The second-order valence-corrected chi connectivity index (χ2v) is 8.69. The van der Waals surface area contributed by atoms with Gasteiger partial charge in [0.1, 0.15) is 5.60 Å². The summed E-state index contributed by atoms with van der Waals surface area (Å²) >= 11 is 0. The maximum Gasteiger partial charge on any atom is 0.410 e. The number of amides is 2. The Hall–Kier alpha value is -2.54. The van der Waals surface area contributed by atoms with E-state index < -0.39 is 11.5 Å². The summed E-state index contributed by atoms with van der Waals surface area (Å²) in [7, 11) is 0. The lowest BCUT2D eigenvalue weighted by molar-refractivity contribution is -0.124. The fourth-order valence-corrected chi connectivity index (χ4v) is 4.01. The number of rotatable bonds is 3. The van der Waals surface area contributed by atoms with Gasteiger partial charge in [-0.3, -0.25) is 10.0 Å². The van der Waals surface area contributed by atoms with E-state index in [0.717, 1.165) is 43.7 Å². The molecule has 152 valence electrons. The quantitative estimate of drug-likeness (QED) is 0.473. The van der Waals surface area contributed by atoms with Crippen molar-refractivity contribution in [3.8, 4) is 0 Å². The van der Waals surface area contributed by atoms with Gasteiger partial charge in [0.25, 0.3) is 5.91 Å². The molecule has 0 radical (unpaired) electrons. The Bertz CT molecular complexity index is 771. The molecular weight excluding hydrogens is 358 g/mol. The molecular formula is C21H29N3O4. The molecule has 1 aromatic rings. The van der Waals surface area contributed by atoms with Crippen molar-refractivity contribution in [3.63, 3.8) is 0 Å². The van der Waals surface area contributed by atoms with Gasteiger partial charge in [0.15, 0.2) is 0 Å². The summed E-state index contributed by atoms with van der Waals surface area (Å²) in [6.07, 6.45) is 4.76. The molecule has 2 amide bonds.